The molecule has 1 heterocycles. The minimum Gasteiger partial charge on any atom is -0.319 e. The topological polar surface area (TPSA) is 82.7 Å². The summed E-state index contributed by atoms with van der Waals surface area (Å²) in [5.74, 6) is 0.528. The summed E-state index contributed by atoms with van der Waals surface area (Å²) in [7, 11) is 1.86. The van der Waals surface area contributed by atoms with Crippen molar-refractivity contribution in [1.29, 1.82) is 0 Å². The van der Waals surface area contributed by atoms with E-state index in [0.29, 0.717) is 12.4 Å². The van der Waals surface area contributed by atoms with E-state index in [4.69, 9.17) is 0 Å². The van der Waals surface area contributed by atoms with Crippen LogP contribution in [-0.2, 0) is 12.0 Å². The summed E-state index contributed by atoms with van der Waals surface area (Å²) in [6.07, 6.45) is 0. The fraction of sp³-hybridized carbons (Fsp3) is 0.400. The predicted octanol–water partition coefficient (Wildman–Crippen LogP) is 2.07. The first kappa shape index (κ1) is 15.2. The maximum Gasteiger partial charge on any atom is 0.295 e. The second-order valence-electron chi connectivity index (χ2n) is 5.90. The van der Waals surface area contributed by atoms with Crippen molar-refractivity contribution in [2.24, 2.45) is 0 Å². The standard InChI is InChI=1S/C15H21N5O/c1-15(2,3)14-18-12(19-20-14)13(21)17-11-8-6-5-7-10(11)9-16-4/h5-8,16H,9H2,1-4H3,(H,17,21)(H,18,19,20). The Hall–Kier alpha value is -2.21. The molecule has 0 unspecified atom stereocenters. The smallest absolute Gasteiger partial charge is 0.295 e. The Morgan fingerprint density at radius 2 is 2.00 bits per heavy atom. The van der Waals surface area contributed by atoms with Crippen LogP contribution in [0.5, 0.6) is 0 Å². The normalized spacial score (nSPS) is 11.4. The molecule has 2 aromatic rings. The molecule has 2 rings (SSSR count). The van der Waals surface area contributed by atoms with Gasteiger partial charge in [0.25, 0.3) is 5.91 Å². The number of carbonyl (C=O) groups is 1. The van der Waals surface area contributed by atoms with Crippen LogP contribution in [0.25, 0.3) is 0 Å². The number of carbonyl (C=O) groups excluding carboxylic acids is 1. The molecule has 0 atom stereocenters. The molecular formula is C15H21N5O. The van der Waals surface area contributed by atoms with Crippen LogP contribution in [0, 0.1) is 0 Å². The van der Waals surface area contributed by atoms with E-state index in [2.05, 4.69) is 25.8 Å². The molecule has 0 bridgehead atoms. The van der Waals surface area contributed by atoms with Crippen molar-refractivity contribution in [2.75, 3.05) is 12.4 Å². The van der Waals surface area contributed by atoms with Gasteiger partial charge in [-0.25, -0.2) is 4.98 Å². The second-order valence-corrected chi connectivity index (χ2v) is 5.90. The van der Waals surface area contributed by atoms with Crippen LogP contribution in [0.4, 0.5) is 5.69 Å². The van der Waals surface area contributed by atoms with Gasteiger partial charge in [-0.3, -0.25) is 9.89 Å². The molecule has 1 amide bonds. The lowest BCUT2D eigenvalue weighted by molar-refractivity contribution is 0.101. The average molecular weight is 287 g/mol. The minimum absolute atomic E-state index is 0.152. The summed E-state index contributed by atoms with van der Waals surface area (Å²) < 4.78 is 0. The molecule has 0 spiro atoms. The van der Waals surface area contributed by atoms with Crippen molar-refractivity contribution in [3.63, 3.8) is 0 Å². The van der Waals surface area contributed by atoms with Crippen molar-refractivity contribution >= 4 is 11.6 Å². The largest absolute Gasteiger partial charge is 0.319 e. The molecule has 0 saturated carbocycles. The molecule has 0 fully saturated rings. The van der Waals surface area contributed by atoms with Gasteiger partial charge in [-0.1, -0.05) is 39.0 Å². The van der Waals surface area contributed by atoms with Crippen molar-refractivity contribution in [3.05, 3.63) is 41.5 Å². The van der Waals surface area contributed by atoms with Crippen molar-refractivity contribution in [1.82, 2.24) is 20.5 Å². The fourth-order valence-electron chi connectivity index (χ4n) is 1.86. The number of aromatic amines is 1. The minimum atomic E-state index is -0.315. The molecule has 21 heavy (non-hydrogen) atoms. The molecule has 0 saturated heterocycles. The number of rotatable bonds is 4. The number of anilines is 1. The third-order valence-corrected chi connectivity index (χ3v) is 3.03. The van der Waals surface area contributed by atoms with E-state index in [0.717, 1.165) is 11.3 Å². The number of amides is 1. The number of para-hydroxylation sites is 1. The number of nitrogens with zero attached hydrogens (tertiary/aromatic N) is 2. The number of aromatic nitrogens is 3. The first-order chi connectivity index (χ1) is 9.91. The lowest BCUT2D eigenvalue weighted by Crippen LogP contribution is -2.17. The first-order valence-corrected chi connectivity index (χ1v) is 6.88. The summed E-state index contributed by atoms with van der Waals surface area (Å²) in [6.45, 7) is 6.71. The summed E-state index contributed by atoms with van der Waals surface area (Å²) in [5, 5.41) is 12.7. The molecule has 3 N–H and O–H groups in total. The van der Waals surface area contributed by atoms with Gasteiger partial charge < -0.3 is 10.6 Å². The molecule has 112 valence electrons. The second kappa shape index (κ2) is 6.05. The van der Waals surface area contributed by atoms with E-state index >= 15 is 0 Å². The molecule has 0 aliphatic carbocycles. The van der Waals surface area contributed by atoms with Gasteiger partial charge in [0.05, 0.1) is 0 Å². The van der Waals surface area contributed by atoms with E-state index in [-0.39, 0.29) is 17.1 Å². The number of nitrogens with one attached hydrogen (secondary N) is 3. The highest BCUT2D eigenvalue weighted by atomic mass is 16.2. The molecule has 0 aliphatic heterocycles. The van der Waals surface area contributed by atoms with Gasteiger partial charge in [0.2, 0.25) is 5.82 Å². The molecule has 1 aromatic carbocycles. The van der Waals surface area contributed by atoms with Crippen LogP contribution in [0.1, 0.15) is 42.8 Å². The molecule has 0 aliphatic rings. The number of H-pyrrole nitrogens is 1. The van der Waals surface area contributed by atoms with Gasteiger partial charge in [0.1, 0.15) is 5.82 Å². The number of hydrogen-bond acceptors (Lipinski definition) is 4. The van der Waals surface area contributed by atoms with E-state index in [1.165, 1.54) is 0 Å². The van der Waals surface area contributed by atoms with Crippen LogP contribution in [0.2, 0.25) is 0 Å². The molecule has 6 heteroatoms. The van der Waals surface area contributed by atoms with Crippen LogP contribution in [-0.4, -0.2) is 28.1 Å². The summed E-state index contributed by atoms with van der Waals surface area (Å²) >= 11 is 0. The van der Waals surface area contributed by atoms with Crippen LogP contribution < -0.4 is 10.6 Å². The third kappa shape index (κ3) is 3.66. The van der Waals surface area contributed by atoms with Crippen molar-refractivity contribution < 1.29 is 4.79 Å². The van der Waals surface area contributed by atoms with Gasteiger partial charge >= 0.3 is 0 Å². The average Bonchev–Trinajstić information content (AvgIpc) is 2.91. The van der Waals surface area contributed by atoms with Crippen LogP contribution in [0.15, 0.2) is 24.3 Å². The Morgan fingerprint density at radius 3 is 2.62 bits per heavy atom. The molecule has 1 aromatic heterocycles. The maximum absolute atomic E-state index is 12.2. The lowest BCUT2D eigenvalue weighted by atomic mass is 9.96. The van der Waals surface area contributed by atoms with E-state index in [9.17, 15) is 4.79 Å². The van der Waals surface area contributed by atoms with E-state index in [1.54, 1.807) is 0 Å². The molecule has 0 radical (unpaired) electrons. The monoisotopic (exact) mass is 287 g/mol. The number of hydrogen-bond donors (Lipinski definition) is 3. The summed E-state index contributed by atoms with van der Waals surface area (Å²) in [5.41, 5.74) is 1.61. The zero-order valence-electron chi connectivity index (χ0n) is 12.8. The zero-order chi connectivity index (χ0) is 15.5. The summed E-state index contributed by atoms with van der Waals surface area (Å²) in [4.78, 5) is 16.5. The zero-order valence-corrected chi connectivity index (χ0v) is 12.8. The quantitative estimate of drug-likeness (QED) is 0.804. The Labute approximate surface area is 124 Å². The van der Waals surface area contributed by atoms with Gasteiger partial charge in [0, 0.05) is 17.6 Å². The Bertz CT molecular complexity index is 627. The Morgan fingerprint density at radius 1 is 1.29 bits per heavy atom. The van der Waals surface area contributed by atoms with Crippen molar-refractivity contribution in [3.8, 4) is 0 Å². The van der Waals surface area contributed by atoms with Gasteiger partial charge in [-0.05, 0) is 18.7 Å². The van der Waals surface area contributed by atoms with Gasteiger partial charge in [0.15, 0.2) is 0 Å². The predicted molar refractivity (Wildman–Crippen MR) is 82.2 cm³/mol. The van der Waals surface area contributed by atoms with E-state index in [1.807, 2.05) is 52.1 Å². The Balaban J connectivity index is 2.17. The Kier molecular flexibility index (Phi) is 4.37. The highest BCUT2D eigenvalue weighted by molar-refractivity contribution is 6.01. The molecular weight excluding hydrogens is 266 g/mol. The van der Waals surface area contributed by atoms with Gasteiger partial charge in [-0.2, -0.15) is 0 Å². The lowest BCUT2D eigenvalue weighted by Gasteiger charge is -2.13. The SMILES string of the molecule is CNCc1ccccc1NC(=O)c1n[nH]c(C(C)(C)C)n1. The third-order valence-electron chi connectivity index (χ3n) is 3.03. The first-order valence-electron chi connectivity index (χ1n) is 6.88. The highest BCUT2D eigenvalue weighted by Gasteiger charge is 2.21. The highest BCUT2D eigenvalue weighted by Crippen LogP contribution is 2.18. The fourth-order valence-corrected chi connectivity index (χ4v) is 1.86. The molecule has 6 nitrogen and oxygen atoms in total. The van der Waals surface area contributed by atoms with Crippen molar-refractivity contribution in [2.45, 2.75) is 32.7 Å². The van der Waals surface area contributed by atoms with Crippen LogP contribution in [0.3, 0.4) is 0 Å². The van der Waals surface area contributed by atoms with E-state index < -0.39 is 0 Å². The number of benzene rings is 1. The van der Waals surface area contributed by atoms with Gasteiger partial charge in [-0.15, -0.1) is 5.10 Å². The maximum atomic E-state index is 12.2. The summed E-state index contributed by atoms with van der Waals surface area (Å²) in [6, 6.07) is 7.65. The van der Waals surface area contributed by atoms with Crippen LogP contribution >= 0.6 is 0 Å².